The molecule has 0 aromatic carbocycles. The number of nitrogens with one attached hydrogen (secondary N) is 1. The van der Waals surface area contributed by atoms with Crippen molar-refractivity contribution in [3.8, 4) is 0 Å². The molecule has 2 aliphatic heterocycles. The van der Waals surface area contributed by atoms with Crippen LogP contribution in [0.25, 0.3) is 0 Å². The van der Waals surface area contributed by atoms with E-state index in [1.165, 1.54) is 6.42 Å². The molecule has 1 N–H and O–H groups in total. The Hall–Kier alpha value is -0.610. The topological polar surface area (TPSA) is 41.6 Å². The fraction of sp³-hybridized carbons (Fsp3) is 0.875. The lowest BCUT2D eigenvalue weighted by molar-refractivity contribution is -0.180. The SMILES string of the molecule is O=C1CCN(C2CCCNC2)O1. The molecule has 4 nitrogen and oxygen atoms in total. The quantitative estimate of drug-likeness (QED) is 0.597. The molecule has 1 atom stereocenters. The highest BCUT2D eigenvalue weighted by Gasteiger charge is 2.29. The van der Waals surface area contributed by atoms with Crippen molar-refractivity contribution in [1.29, 1.82) is 0 Å². The molecule has 12 heavy (non-hydrogen) atoms. The summed E-state index contributed by atoms with van der Waals surface area (Å²) in [7, 11) is 0. The first-order valence-corrected chi connectivity index (χ1v) is 4.54. The summed E-state index contributed by atoms with van der Waals surface area (Å²) >= 11 is 0. The smallest absolute Gasteiger partial charge is 0.326 e. The van der Waals surface area contributed by atoms with Crippen LogP contribution in [-0.4, -0.2) is 36.7 Å². The normalized spacial score (nSPS) is 32.0. The van der Waals surface area contributed by atoms with E-state index in [-0.39, 0.29) is 5.97 Å². The molecule has 2 aliphatic rings. The minimum atomic E-state index is -0.0828. The molecule has 0 spiro atoms. The number of piperidine rings is 1. The van der Waals surface area contributed by atoms with Gasteiger partial charge in [-0.25, -0.2) is 0 Å². The van der Waals surface area contributed by atoms with Gasteiger partial charge in [-0.15, -0.1) is 5.06 Å². The summed E-state index contributed by atoms with van der Waals surface area (Å²) in [6.45, 7) is 2.82. The Balaban J connectivity index is 1.86. The Kier molecular flexibility index (Phi) is 2.28. The molecule has 1 unspecified atom stereocenters. The Morgan fingerprint density at radius 1 is 1.58 bits per heavy atom. The van der Waals surface area contributed by atoms with Crippen molar-refractivity contribution >= 4 is 5.97 Å². The van der Waals surface area contributed by atoms with Gasteiger partial charge < -0.3 is 10.2 Å². The molecule has 68 valence electrons. The van der Waals surface area contributed by atoms with Gasteiger partial charge in [0.1, 0.15) is 0 Å². The van der Waals surface area contributed by atoms with E-state index >= 15 is 0 Å². The predicted molar refractivity (Wildman–Crippen MR) is 43.3 cm³/mol. The van der Waals surface area contributed by atoms with Gasteiger partial charge in [0.05, 0.1) is 12.5 Å². The molecule has 0 aromatic rings. The first-order valence-electron chi connectivity index (χ1n) is 4.54. The zero-order chi connectivity index (χ0) is 8.39. The van der Waals surface area contributed by atoms with Crippen LogP contribution >= 0.6 is 0 Å². The number of rotatable bonds is 1. The third-order valence-electron chi connectivity index (χ3n) is 2.43. The van der Waals surface area contributed by atoms with Gasteiger partial charge in [-0.2, -0.15) is 0 Å². The molecule has 2 heterocycles. The van der Waals surface area contributed by atoms with Crippen LogP contribution in [0.2, 0.25) is 0 Å². The number of carbonyl (C=O) groups excluding carboxylic acids is 1. The fourth-order valence-corrected chi connectivity index (χ4v) is 1.76. The highest BCUT2D eigenvalue weighted by molar-refractivity contribution is 5.70. The minimum Gasteiger partial charge on any atom is -0.368 e. The van der Waals surface area contributed by atoms with E-state index in [1.807, 2.05) is 5.06 Å². The molecule has 0 radical (unpaired) electrons. The third-order valence-corrected chi connectivity index (χ3v) is 2.43. The summed E-state index contributed by atoms with van der Waals surface area (Å²) in [5.41, 5.74) is 0. The van der Waals surface area contributed by atoms with Crippen molar-refractivity contribution in [3.05, 3.63) is 0 Å². The summed E-state index contributed by atoms with van der Waals surface area (Å²) in [4.78, 5) is 15.9. The summed E-state index contributed by atoms with van der Waals surface area (Å²) < 4.78 is 0. The van der Waals surface area contributed by atoms with Crippen LogP contribution in [0.1, 0.15) is 19.3 Å². The fourth-order valence-electron chi connectivity index (χ4n) is 1.76. The summed E-state index contributed by atoms with van der Waals surface area (Å²) in [6, 6.07) is 0.408. The van der Waals surface area contributed by atoms with Crippen LogP contribution in [0.3, 0.4) is 0 Å². The van der Waals surface area contributed by atoms with E-state index < -0.39 is 0 Å². The van der Waals surface area contributed by atoms with Crippen molar-refractivity contribution in [2.45, 2.75) is 25.3 Å². The van der Waals surface area contributed by atoms with Gasteiger partial charge in [0.15, 0.2) is 0 Å². The molecule has 4 heteroatoms. The average Bonchev–Trinajstić information content (AvgIpc) is 2.54. The summed E-state index contributed by atoms with van der Waals surface area (Å²) in [5, 5.41) is 5.12. The number of hydrogen-bond donors (Lipinski definition) is 1. The van der Waals surface area contributed by atoms with Crippen LogP contribution in [-0.2, 0) is 9.63 Å². The highest BCUT2D eigenvalue weighted by Crippen LogP contribution is 2.16. The third kappa shape index (κ3) is 1.59. The maximum Gasteiger partial charge on any atom is 0.326 e. The van der Waals surface area contributed by atoms with Gasteiger partial charge in [0.25, 0.3) is 0 Å². The molecule has 0 saturated carbocycles. The standard InChI is InChI=1S/C8H14N2O2/c11-8-3-5-10(12-8)7-2-1-4-9-6-7/h7,9H,1-6H2. The molecular weight excluding hydrogens is 156 g/mol. The first-order chi connectivity index (χ1) is 5.86. The van der Waals surface area contributed by atoms with Gasteiger partial charge in [-0.3, -0.25) is 4.79 Å². The van der Waals surface area contributed by atoms with Crippen LogP contribution < -0.4 is 5.32 Å². The highest BCUT2D eigenvalue weighted by atomic mass is 16.7. The predicted octanol–water partition coefficient (Wildman–Crippen LogP) is -0.0977. The van der Waals surface area contributed by atoms with Crippen molar-refractivity contribution < 1.29 is 9.63 Å². The van der Waals surface area contributed by atoms with Gasteiger partial charge in [-0.1, -0.05) is 0 Å². The van der Waals surface area contributed by atoms with Crippen molar-refractivity contribution in [2.24, 2.45) is 0 Å². The first kappa shape index (κ1) is 8.01. The lowest BCUT2D eigenvalue weighted by Gasteiger charge is -2.28. The lowest BCUT2D eigenvalue weighted by atomic mass is 10.1. The second kappa shape index (κ2) is 3.41. The largest absolute Gasteiger partial charge is 0.368 e. The molecule has 2 rings (SSSR count). The number of hydroxylamine groups is 2. The lowest BCUT2D eigenvalue weighted by Crippen LogP contribution is -2.44. The van der Waals surface area contributed by atoms with Crippen LogP contribution in [0.15, 0.2) is 0 Å². The molecule has 2 fully saturated rings. The maximum atomic E-state index is 10.8. The average molecular weight is 170 g/mol. The zero-order valence-corrected chi connectivity index (χ0v) is 7.08. The van der Waals surface area contributed by atoms with E-state index in [0.29, 0.717) is 12.5 Å². The second-order valence-electron chi connectivity index (χ2n) is 3.35. The zero-order valence-electron chi connectivity index (χ0n) is 7.08. The van der Waals surface area contributed by atoms with Crippen LogP contribution in [0, 0.1) is 0 Å². The molecule has 2 saturated heterocycles. The van der Waals surface area contributed by atoms with E-state index in [2.05, 4.69) is 5.32 Å². The molecule has 0 aliphatic carbocycles. The van der Waals surface area contributed by atoms with Gasteiger partial charge >= 0.3 is 5.97 Å². The molecular formula is C8H14N2O2. The minimum absolute atomic E-state index is 0.0828. The number of hydrogen-bond acceptors (Lipinski definition) is 4. The Bertz CT molecular complexity index is 178. The van der Waals surface area contributed by atoms with Crippen molar-refractivity contribution in [2.75, 3.05) is 19.6 Å². The van der Waals surface area contributed by atoms with E-state index in [0.717, 1.165) is 26.1 Å². The summed E-state index contributed by atoms with van der Waals surface area (Å²) in [5.74, 6) is -0.0828. The number of carbonyl (C=O) groups is 1. The van der Waals surface area contributed by atoms with Crippen LogP contribution in [0.4, 0.5) is 0 Å². The second-order valence-corrected chi connectivity index (χ2v) is 3.35. The molecule has 0 amide bonds. The van der Waals surface area contributed by atoms with Gasteiger partial charge in [0, 0.05) is 13.1 Å². The summed E-state index contributed by atoms with van der Waals surface area (Å²) in [6.07, 6.45) is 2.87. The van der Waals surface area contributed by atoms with E-state index in [9.17, 15) is 4.79 Å². The number of nitrogens with zero attached hydrogens (tertiary/aromatic N) is 1. The Morgan fingerprint density at radius 3 is 3.08 bits per heavy atom. The maximum absolute atomic E-state index is 10.8. The molecule has 0 bridgehead atoms. The molecule has 0 aromatic heterocycles. The van der Waals surface area contributed by atoms with Crippen molar-refractivity contribution in [3.63, 3.8) is 0 Å². The van der Waals surface area contributed by atoms with Gasteiger partial charge in [-0.05, 0) is 19.4 Å². The van der Waals surface area contributed by atoms with Gasteiger partial charge in [0.2, 0.25) is 0 Å². The monoisotopic (exact) mass is 170 g/mol. The van der Waals surface area contributed by atoms with E-state index in [1.54, 1.807) is 0 Å². The van der Waals surface area contributed by atoms with Crippen molar-refractivity contribution in [1.82, 2.24) is 10.4 Å². The Labute approximate surface area is 71.8 Å². The van der Waals surface area contributed by atoms with Crippen LogP contribution in [0.5, 0.6) is 0 Å². The van der Waals surface area contributed by atoms with E-state index in [4.69, 9.17) is 4.84 Å². The Morgan fingerprint density at radius 2 is 2.50 bits per heavy atom.